The Bertz CT molecular complexity index is 447. The third-order valence-corrected chi connectivity index (χ3v) is 3.90. The average Bonchev–Trinajstić information content (AvgIpc) is 2.47. The molecule has 1 heterocycles. The van der Waals surface area contributed by atoms with Crippen LogP contribution in [0.3, 0.4) is 0 Å². The second-order valence-electron chi connectivity index (χ2n) is 5.32. The van der Waals surface area contributed by atoms with Gasteiger partial charge in [-0.15, -0.1) is 0 Å². The lowest BCUT2D eigenvalue weighted by Crippen LogP contribution is -2.54. The summed E-state index contributed by atoms with van der Waals surface area (Å²) < 4.78 is 0. The molecule has 2 N–H and O–H groups in total. The Morgan fingerprint density at radius 3 is 2.65 bits per heavy atom. The number of phenolic OH excluding ortho intramolecular Hbond substituents is 1. The third kappa shape index (κ3) is 3.71. The number of phenols is 1. The number of amides is 1. The van der Waals surface area contributed by atoms with Crippen molar-refractivity contribution in [2.45, 2.75) is 18.9 Å². The second-order valence-corrected chi connectivity index (χ2v) is 5.32. The van der Waals surface area contributed by atoms with E-state index in [1.54, 1.807) is 12.1 Å². The maximum absolute atomic E-state index is 12.2. The summed E-state index contributed by atoms with van der Waals surface area (Å²) in [6, 6.07) is 6.99. The van der Waals surface area contributed by atoms with Crippen molar-refractivity contribution < 1.29 is 15.0 Å². The number of piperazine rings is 1. The summed E-state index contributed by atoms with van der Waals surface area (Å²) in [5, 5.41) is 18.5. The molecule has 0 aliphatic carbocycles. The standard InChI is InChI=1S/C15H22N2O3/c1-16-8-9-17(10-13(16)11-18)15(20)7-4-12-2-5-14(19)6-3-12/h2-3,5-6,13,18-19H,4,7-11H2,1H3. The van der Waals surface area contributed by atoms with Crippen molar-refractivity contribution in [3.8, 4) is 5.75 Å². The minimum atomic E-state index is 0.0429. The minimum absolute atomic E-state index is 0.0429. The monoisotopic (exact) mass is 278 g/mol. The van der Waals surface area contributed by atoms with Crippen LogP contribution in [0.1, 0.15) is 12.0 Å². The quantitative estimate of drug-likeness (QED) is 0.840. The van der Waals surface area contributed by atoms with E-state index < -0.39 is 0 Å². The van der Waals surface area contributed by atoms with Crippen LogP contribution in [0.2, 0.25) is 0 Å². The van der Waals surface area contributed by atoms with Gasteiger partial charge in [0.15, 0.2) is 0 Å². The van der Waals surface area contributed by atoms with E-state index in [4.69, 9.17) is 0 Å². The molecule has 1 aliphatic rings. The molecule has 1 aromatic carbocycles. The van der Waals surface area contributed by atoms with Crippen molar-refractivity contribution in [2.75, 3.05) is 33.3 Å². The summed E-state index contributed by atoms with van der Waals surface area (Å²) in [4.78, 5) is 16.1. The molecule has 1 atom stereocenters. The molecule has 2 rings (SSSR count). The maximum atomic E-state index is 12.2. The van der Waals surface area contributed by atoms with Crippen molar-refractivity contribution in [1.82, 2.24) is 9.80 Å². The van der Waals surface area contributed by atoms with Gasteiger partial charge in [0.2, 0.25) is 5.91 Å². The predicted octanol–water partition coefficient (Wildman–Crippen LogP) is 0.460. The number of aryl methyl sites for hydroxylation is 1. The van der Waals surface area contributed by atoms with E-state index >= 15 is 0 Å². The van der Waals surface area contributed by atoms with Crippen LogP contribution in [0.4, 0.5) is 0 Å². The number of aliphatic hydroxyl groups excluding tert-OH is 1. The lowest BCUT2D eigenvalue weighted by atomic mass is 10.1. The molecule has 5 heteroatoms. The topological polar surface area (TPSA) is 64.0 Å². The predicted molar refractivity (Wildman–Crippen MR) is 76.5 cm³/mol. The summed E-state index contributed by atoms with van der Waals surface area (Å²) in [5.74, 6) is 0.370. The zero-order valence-electron chi connectivity index (χ0n) is 11.8. The van der Waals surface area contributed by atoms with E-state index in [0.717, 1.165) is 18.7 Å². The molecule has 1 saturated heterocycles. The number of hydrogen-bond acceptors (Lipinski definition) is 4. The van der Waals surface area contributed by atoms with Gasteiger partial charge in [-0.05, 0) is 31.2 Å². The van der Waals surface area contributed by atoms with Crippen LogP contribution in [0, 0.1) is 0 Å². The van der Waals surface area contributed by atoms with Crippen LogP contribution in [-0.2, 0) is 11.2 Å². The average molecular weight is 278 g/mol. The Labute approximate surface area is 119 Å². The zero-order chi connectivity index (χ0) is 14.5. The number of carbonyl (C=O) groups excluding carboxylic acids is 1. The zero-order valence-corrected chi connectivity index (χ0v) is 11.8. The van der Waals surface area contributed by atoms with E-state index in [-0.39, 0.29) is 24.3 Å². The Morgan fingerprint density at radius 2 is 2.00 bits per heavy atom. The third-order valence-electron chi connectivity index (χ3n) is 3.90. The molecule has 1 amide bonds. The number of hydrogen-bond donors (Lipinski definition) is 2. The smallest absolute Gasteiger partial charge is 0.223 e. The van der Waals surface area contributed by atoms with Crippen molar-refractivity contribution >= 4 is 5.91 Å². The molecule has 0 aromatic heterocycles. The van der Waals surface area contributed by atoms with E-state index in [2.05, 4.69) is 4.90 Å². The first kappa shape index (κ1) is 14.8. The highest BCUT2D eigenvalue weighted by molar-refractivity contribution is 5.76. The Morgan fingerprint density at radius 1 is 1.30 bits per heavy atom. The van der Waals surface area contributed by atoms with E-state index in [1.807, 2.05) is 24.1 Å². The Kier molecular flexibility index (Phi) is 4.98. The number of benzene rings is 1. The highest BCUT2D eigenvalue weighted by Crippen LogP contribution is 2.13. The SMILES string of the molecule is CN1CCN(C(=O)CCc2ccc(O)cc2)CC1CO. The number of aliphatic hydroxyl groups is 1. The van der Waals surface area contributed by atoms with Crippen LogP contribution < -0.4 is 0 Å². The summed E-state index contributed by atoms with van der Waals surface area (Å²) in [5.41, 5.74) is 1.05. The van der Waals surface area contributed by atoms with Crippen molar-refractivity contribution in [2.24, 2.45) is 0 Å². The van der Waals surface area contributed by atoms with Gasteiger partial charge in [0, 0.05) is 26.1 Å². The highest BCUT2D eigenvalue weighted by atomic mass is 16.3. The fraction of sp³-hybridized carbons (Fsp3) is 0.533. The van der Waals surface area contributed by atoms with Gasteiger partial charge >= 0.3 is 0 Å². The molecule has 20 heavy (non-hydrogen) atoms. The van der Waals surface area contributed by atoms with Gasteiger partial charge < -0.3 is 15.1 Å². The van der Waals surface area contributed by atoms with Crippen LogP contribution in [0.5, 0.6) is 5.75 Å². The molecule has 0 bridgehead atoms. The molecule has 5 nitrogen and oxygen atoms in total. The highest BCUT2D eigenvalue weighted by Gasteiger charge is 2.26. The lowest BCUT2D eigenvalue weighted by molar-refractivity contribution is -0.134. The van der Waals surface area contributed by atoms with Gasteiger partial charge in [0.25, 0.3) is 0 Å². The number of likely N-dealkylation sites (N-methyl/N-ethyl adjacent to an activating group) is 1. The number of aromatic hydroxyl groups is 1. The number of carbonyl (C=O) groups is 1. The van der Waals surface area contributed by atoms with Crippen LogP contribution in [0.15, 0.2) is 24.3 Å². The molecule has 1 unspecified atom stereocenters. The van der Waals surface area contributed by atoms with Crippen LogP contribution in [-0.4, -0.2) is 65.3 Å². The van der Waals surface area contributed by atoms with Gasteiger partial charge in [-0.2, -0.15) is 0 Å². The first-order chi connectivity index (χ1) is 9.60. The molecular weight excluding hydrogens is 256 g/mol. The van der Waals surface area contributed by atoms with E-state index in [0.29, 0.717) is 19.4 Å². The van der Waals surface area contributed by atoms with Crippen molar-refractivity contribution in [3.05, 3.63) is 29.8 Å². The van der Waals surface area contributed by atoms with Crippen LogP contribution in [0.25, 0.3) is 0 Å². The normalized spacial score (nSPS) is 20.1. The lowest BCUT2D eigenvalue weighted by Gasteiger charge is -2.38. The van der Waals surface area contributed by atoms with Gasteiger partial charge in [0.05, 0.1) is 12.6 Å². The molecule has 1 aliphatic heterocycles. The van der Waals surface area contributed by atoms with Gasteiger partial charge in [-0.25, -0.2) is 0 Å². The number of nitrogens with zero attached hydrogens (tertiary/aromatic N) is 2. The van der Waals surface area contributed by atoms with Crippen molar-refractivity contribution in [3.63, 3.8) is 0 Å². The molecule has 1 aromatic rings. The largest absolute Gasteiger partial charge is 0.508 e. The van der Waals surface area contributed by atoms with Gasteiger partial charge in [0.1, 0.15) is 5.75 Å². The van der Waals surface area contributed by atoms with E-state index in [1.165, 1.54) is 0 Å². The van der Waals surface area contributed by atoms with Crippen molar-refractivity contribution in [1.29, 1.82) is 0 Å². The first-order valence-electron chi connectivity index (χ1n) is 6.97. The van der Waals surface area contributed by atoms with Gasteiger partial charge in [-0.1, -0.05) is 12.1 Å². The summed E-state index contributed by atoms with van der Waals surface area (Å²) >= 11 is 0. The van der Waals surface area contributed by atoms with E-state index in [9.17, 15) is 15.0 Å². The van der Waals surface area contributed by atoms with Gasteiger partial charge in [-0.3, -0.25) is 9.69 Å². The molecule has 110 valence electrons. The second kappa shape index (κ2) is 6.72. The summed E-state index contributed by atoms with van der Waals surface area (Å²) in [6.07, 6.45) is 1.14. The molecular formula is C15H22N2O3. The fourth-order valence-corrected chi connectivity index (χ4v) is 2.44. The molecule has 0 spiro atoms. The Balaban J connectivity index is 1.84. The van der Waals surface area contributed by atoms with Crippen LogP contribution >= 0.6 is 0 Å². The summed E-state index contributed by atoms with van der Waals surface area (Å²) in [7, 11) is 1.97. The molecule has 0 radical (unpaired) electrons. The minimum Gasteiger partial charge on any atom is -0.508 e. The molecule has 0 saturated carbocycles. The number of rotatable bonds is 4. The Hall–Kier alpha value is -1.59. The first-order valence-corrected chi connectivity index (χ1v) is 6.97. The summed E-state index contributed by atoms with van der Waals surface area (Å²) in [6.45, 7) is 2.21. The fourth-order valence-electron chi connectivity index (χ4n) is 2.44. The molecule has 1 fully saturated rings. The maximum Gasteiger partial charge on any atom is 0.223 e.